The number of para-hydroxylation sites is 2. The van der Waals surface area contributed by atoms with E-state index < -0.39 is 0 Å². The third-order valence-corrected chi connectivity index (χ3v) is 4.70. The number of imidazole rings is 1. The minimum absolute atomic E-state index is 0.296. The van der Waals surface area contributed by atoms with Crippen LogP contribution in [0.3, 0.4) is 0 Å². The molecule has 1 atom stereocenters. The zero-order valence-corrected chi connectivity index (χ0v) is 14.2. The maximum Gasteiger partial charge on any atom is 0.210 e. The second-order valence-electron chi connectivity index (χ2n) is 6.57. The summed E-state index contributed by atoms with van der Waals surface area (Å²) in [6.45, 7) is 4.32. The summed E-state index contributed by atoms with van der Waals surface area (Å²) in [5.74, 6) is 1.56. The van der Waals surface area contributed by atoms with Gasteiger partial charge in [-0.25, -0.2) is 4.98 Å². The predicted octanol–water partition coefficient (Wildman–Crippen LogP) is 3.98. The number of anilines is 1. The van der Waals surface area contributed by atoms with E-state index in [4.69, 9.17) is 5.73 Å². The van der Waals surface area contributed by atoms with Crippen LogP contribution in [0.25, 0.3) is 16.9 Å². The molecule has 0 saturated carbocycles. The summed E-state index contributed by atoms with van der Waals surface area (Å²) in [5.41, 5.74) is 10.9. The van der Waals surface area contributed by atoms with Gasteiger partial charge in [0.15, 0.2) is 0 Å². The molecule has 2 heterocycles. The van der Waals surface area contributed by atoms with Gasteiger partial charge in [-0.05, 0) is 29.2 Å². The number of hydrogen-bond donors (Lipinski definition) is 2. The lowest BCUT2D eigenvalue weighted by Gasteiger charge is -2.27. The highest BCUT2D eigenvalue weighted by atomic mass is 15.3. The highest BCUT2D eigenvalue weighted by molar-refractivity contribution is 5.85. The molecular formula is C20H19N5. The Bertz CT molecular complexity index is 1020. The number of nitrogens with one attached hydrogen (secondary N) is 1. The highest BCUT2D eigenvalue weighted by Gasteiger charge is 2.29. The molecule has 124 valence electrons. The molecule has 25 heavy (non-hydrogen) atoms. The zero-order chi connectivity index (χ0) is 17.6. The normalized spacial score (nSPS) is 16.6. The van der Waals surface area contributed by atoms with Gasteiger partial charge < -0.3 is 11.1 Å². The Morgan fingerprint density at radius 1 is 1.16 bits per heavy atom. The molecule has 5 nitrogen and oxygen atoms in total. The van der Waals surface area contributed by atoms with Crippen molar-refractivity contribution in [2.75, 3.05) is 5.32 Å². The van der Waals surface area contributed by atoms with Crippen molar-refractivity contribution in [2.45, 2.75) is 25.8 Å². The van der Waals surface area contributed by atoms with Gasteiger partial charge in [-0.1, -0.05) is 50.2 Å². The summed E-state index contributed by atoms with van der Waals surface area (Å²) < 4.78 is 1.81. The molecule has 3 aromatic rings. The van der Waals surface area contributed by atoms with Gasteiger partial charge in [0, 0.05) is 0 Å². The first kappa shape index (κ1) is 15.3. The number of aromatic nitrogens is 2. The Hall–Kier alpha value is -3.26. The van der Waals surface area contributed by atoms with Gasteiger partial charge in [0.25, 0.3) is 0 Å². The molecule has 0 radical (unpaired) electrons. The lowest BCUT2D eigenvalue weighted by atomic mass is 9.95. The fourth-order valence-corrected chi connectivity index (χ4v) is 3.28. The average Bonchev–Trinajstić information content (AvgIpc) is 3.00. The first-order valence-corrected chi connectivity index (χ1v) is 8.34. The number of nitrogens with zero attached hydrogens (tertiary/aromatic N) is 3. The molecule has 1 aromatic heterocycles. The molecule has 0 bridgehead atoms. The molecule has 3 N–H and O–H groups in total. The lowest BCUT2D eigenvalue weighted by Crippen LogP contribution is -2.26. The van der Waals surface area contributed by atoms with Crippen molar-refractivity contribution in [3.05, 3.63) is 65.2 Å². The smallest absolute Gasteiger partial charge is 0.210 e. The predicted molar refractivity (Wildman–Crippen MR) is 99.6 cm³/mol. The van der Waals surface area contributed by atoms with E-state index in [1.54, 1.807) is 0 Å². The Balaban J connectivity index is 1.84. The third-order valence-electron chi connectivity index (χ3n) is 4.70. The van der Waals surface area contributed by atoms with Crippen molar-refractivity contribution in [2.24, 2.45) is 5.73 Å². The van der Waals surface area contributed by atoms with Gasteiger partial charge in [0.2, 0.25) is 5.95 Å². The SMILES string of the molecule is CC(C)c1ccc([C@@H]2Nc3nc4ccccc4n3C(N)=C2C#N)cc1. The van der Waals surface area contributed by atoms with E-state index >= 15 is 0 Å². The molecule has 0 fully saturated rings. The van der Waals surface area contributed by atoms with E-state index in [0.717, 1.165) is 16.6 Å². The third kappa shape index (κ3) is 2.34. The quantitative estimate of drug-likeness (QED) is 0.745. The summed E-state index contributed by atoms with van der Waals surface area (Å²) in [6.07, 6.45) is 0. The van der Waals surface area contributed by atoms with Crippen LogP contribution in [-0.2, 0) is 0 Å². The highest BCUT2D eigenvalue weighted by Crippen LogP contribution is 2.36. The van der Waals surface area contributed by atoms with Gasteiger partial charge in [0.05, 0.1) is 22.6 Å². The van der Waals surface area contributed by atoms with Crippen molar-refractivity contribution in [1.29, 1.82) is 5.26 Å². The molecular weight excluding hydrogens is 310 g/mol. The van der Waals surface area contributed by atoms with Crippen LogP contribution in [0.1, 0.15) is 36.9 Å². The number of fused-ring (bicyclic) bond motifs is 3. The van der Waals surface area contributed by atoms with Gasteiger partial charge >= 0.3 is 0 Å². The Morgan fingerprint density at radius 3 is 2.56 bits per heavy atom. The van der Waals surface area contributed by atoms with E-state index in [9.17, 15) is 5.26 Å². The van der Waals surface area contributed by atoms with Crippen LogP contribution in [0.4, 0.5) is 5.95 Å². The second-order valence-corrected chi connectivity index (χ2v) is 6.57. The molecule has 0 saturated heterocycles. The molecule has 0 amide bonds. The first-order chi connectivity index (χ1) is 12.1. The fourth-order valence-electron chi connectivity index (χ4n) is 3.28. The second kappa shape index (κ2) is 5.67. The van der Waals surface area contributed by atoms with Crippen LogP contribution >= 0.6 is 0 Å². The van der Waals surface area contributed by atoms with Crippen molar-refractivity contribution in [1.82, 2.24) is 9.55 Å². The monoisotopic (exact) mass is 329 g/mol. The molecule has 1 aliphatic heterocycles. The van der Waals surface area contributed by atoms with Crippen LogP contribution in [0, 0.1) is 11.3 Å². The number of hydrogen-bond acceptors (Lipinski definition) is 4. The molecule has 0 aliphatic carbocycles. The van der Waals surface area contributed by atoms with Crippen LogP contribution in [0.15, 0.2) is 54.1 Å². The van der Waals surface area contributed by atoms with Crippen LogP contribution in [0.2, 0.25) is 0 Å². The summed E-state index contributed by atoms with van der Waals surface area (Å²) in [7, 11) is 0. The number of benzene rings is 2. The number of nitrogens with two attached hydrogens (primary N) is 1. The number of nitriles is 1. The zero-order valence-electron chi connectivity index (χ0n) is 14.2. The molecule has 2 aromatic carbocycles. The van der Waals surface area contributed by atoms with E-state index in [0.29, 0.717) is 23.3 Å². The Labute approximate surface area is 146 Å². The van der Waals surface area contributed by atoms with E-state index in [2.05, 4.69) is 54.5 Å². The topological polar surface area (TPSA) is 79.7 Å². The van der Waals surface area contributed by atoms with Gasteiger partial charge in [-0.2, -0.15) is 5.26 Å². The number of rotatable bonds is 2. The molecule has 0 unspecified atom stereocenters. The molecule has 0 spiro atoms. The Kier molecular flexibility index (Phi) is 3.47. The van der Waals surface area contributed by atoms with Crippen LogP contribution in [-0.4, -0.2) is 9.55 Å². The standard InChI is InChI=1S/C20H19N5/c1-12(2)13-7-9-14(10-8-13)18-15(11-21)19(22)25-17-6-4-3-5-16(17)23-20(25)24-18/h3-10,12,18H,22H2,1-2H3,(H,23,24)/t18-/m0/s1. The first-order valence-electron chi connectivity index (χ1n) is 8.34. The molecule has 5 heteroatoms. The lowest BCUT2D eigenvalue weighted by molar-refractivity contribution is 0.843. The summed E-state index contributed by atoms with van der Waals surface area (Å²) in [4.78, 5) is 4.62. The maximum atomic E-state index is 9.71. The average molecular weight is 329 g/mol. The van der Waals surface area contributed by atoms with Crippen molar-refractivity contribution in [3.8, 4) is 6.07 Å². The molecule has 1 aliphatic rings. The maximum absolute atomic E-state index is 9.71. The summed E-state index contributed by atoms with van der Waals surface area (Å²) in [5, 5.41) is 13.1. The van der Waals surface area contributed by atoms with Crippen molar-refractivity contribution < 1.29 is 0 Å². The molecule has 4 rings (SSSR count). The van der Waals surface area contributed by atoms with E-state index in [1.165, 1.54) is 5.56 Å². The minimum Gasteiger partial charge on any atom is -0.384 e. The van der Waals surface area contributed by atoms with Crippen LogP contribution in [0.5, 0.6) is 0 Å². The Morgan fingerprint density at radius 2 is 1.88 bits per heavy atom. The van der Waals surface area contributed by atoms with Crippen LogP contribution < -0.4 is 11.1 Å². The van der Waals surface area contributed by atoms with Crippen molar-refractivity contribution >= 4 is 22.8 Å². The summed E-state index contributed by atoms with van der Waals surface area (Å²) in [6, 6.07) is 18.1. The summed E-state index contributed by atoms with van der Waals surface area (Å²) >= 11 is 0. The van der Waals surface area contributed by atoms with Gasteiger partial charge in [-0.15, -0.1) is 0 Å². The fraction of sp³-hybridized carbons (Fsp3) is 0.200. The van der Waals surface area contributed by atoms with E-state index in [-0.39, 0.29) is 6.04 Å². The minimum atomic E-state index is -0.296. The van der Waals surface area contributed by atoms with Gasteiger partial charge in [-0.3, -0.25) is 4.57 Å². The largest absolute Gasteiger partial charge is 0.384 e. The van der Waals surface area contributed by atoms with Crippen molar-refractivity contribution in [3.63, 3.8) is 0 Å². The van der Waals surface area contributed by atoms with E-state index in [1.807, 2.05) is 28.8 Å². The van der Waals surface area contributed by atoms with Gasteiger partial charge in [0.1, 0.15) is 11.9 Å².